The van der Waals surface area contributed by atoms with Gasteiger partial charge in [0.25, 0.3) is 0 Å². The van der Waals surface area contributed by atoms with Crippen molar-refractivity contribution in [3.05, 3.63) is 35.5 Å². The first kappa shape index (κ1) is 9.91. The van der Waals surface area contributed by atoms with E-state index in [4.69, 9.17) is 0 Å². The third-order valence-electron chi connectivity index (χ3n) is 3.86. The van der Waals surface area contributed by atoms with Gasteiger partial charge < -0.3 is 9.67 Å². The van der Waals surface area contributed by atoms with Gasteiger partial charge in [-0.2, -0.15) is 0 Å². The first-order valence-corrected chi connectivity index (χ1v) is 5.86. The Kier molecular flexibility index (Phi) is 1.93. The summed E-state index contributed by atoms with van der Waals surface area (Å²) >= 11 is 0. The second kappa shape index (κ2) is 3.11. The first-order valence-electron chi connectivity index (χ1n) is 5.86. The van der Waals surface area contributed by atoms with Crippen LogP contribution in [-0.4, -0.2) is 15.3 Å². The van der Waals surface area contributed by atoms with E-state index >= 15 is 0 Å². The van der Waals surface area contributed by atoms with Crippen LogP contribution in [0.15, 0.2) is 24.3 Å². The Labute approximate surface area is 95.5 Å². The van der Waals surface area contributed by atoms with Crippen LogP contribution in [-0.2, 0) is 13.5 Å². The van der Waals surface area contributed by atoms with Crippen LogP contribution in [0.4, 0.5) is 0 Å². The van der Waals surface area contributed by atoms with Crippen molar-refractivity contribution in [1.29, 1.82) is 0 Å². The first-order chi connectivity index (χ1) is 7.61. The second-order valence-corrected chi connectivity index (χ2v) is 5.04. The van der Waals surface area contributed by atoms with Crippen LogP contribution in [0.25, 0.3) is 10.9 Å². The highest BCUT2D eigenvalue weighted by molar-refractivity contribution is 5.85. The predicted octanol–water partition coefficient (Wildman–Crippen LogP) is 2.55. The molecule has 0 saturated heterocycles. The summed E-state index contributed by atoms with van der Waals surface area (Å²) in [4.78, 5) is 0. The third-order valence-corrected chi connectivity index (χ3v) is 3.86. The van der Waals surface area contributed by atoms with E-state index in [-0.39, 0.29) is 0 Å². The fourth-order valence-corrected chi connectivity index (χ4v) is 2.47. The summed E-state index contributed by atoms with van der Waals surface area (Å²) < 4.78 is 2.22. The molecule has 1 aromatic carbocycles. The number of nitrogens with zero attached hydrogens (tertiary/aromatic N) is 1. The summed E-state index contributed by atoms with van der Waals surface area (Å²) in [5.41, 5.74) is 3.45. The smallest absolute Gasteiger partial charge is 0.0691 e. The van der Waals surface area contributed by atoms with Crippen LogP contribution in [0, 0.1) is 6.92 Å². The Hall–Kier alpha value is -1.28. The Morgan fingerprint density at radius 2 is 2.00 bits per heavy atom. The average molecular weight is 215 g/mol. The van der Waals surface area contributed by atoms with E-state index in [1.54, 1.807) is 0 Å². The summed E-state index contributed by atoms with van der Waals surface area (Å²) in [7, 11) is 2.10. The monoisotopic (exact) mass is 215 g/mol. The van der Waals surface area contributed by atoms with Gasteiger partial charge in [0, 0.05) is 30.1 Å². The maximum absolute atomic E-state index is 10.1. The highest BCUT2D eigenvalue weighted by Gasteiger charge is 2.41. The Balaban J connectivity index is 2.18. The number of aryl methyl sites for hydroxylation is 1. The van der Waals surface area contributed by atoms with Gasteiger partial charge in [0.1, 0.15) is 0 Å². The third kappa shape index (κ3) is 1.37. The molecule has 0 amide bonds. The molecule has 0 bridgehead atoms. The van der Waals surface area contributed by atoms with E-state index in [0.717, 1.165) is 19.3 Å². The molecule has 0 spiro atoms. The van der Waals surface area contributed by atoms with Gasteiger partial charge in [-0.3, -0.25) is 0 Å². The van der Waals surface area contributed by atoms with Gasteiger partial charge in [0.2, 0.25) is 0 Å². The van der Waals surface area contributed by atoms with Gasteiger partial charge in [-0.15, -0.1) is 0 Å². The average Bonchev–Trinajstić information content (AvgIpc) is 2.97. The zero-order valence-electron chi connectivity index (χ0n) is 9.83. The molecule has 1 saturated carbocycles. The van der Waals surface area contributed by atoms with Gasteiger partial charge >= 0.3 is 0 Å². The van der Waals surface area contributed by atoms with Crippen LogP contribution < -0.4 is 0 Å². The fraction of sp³-hybridized carbons (Fsp3) is 0.429. The summed E-state index contributed by atoms with van der Waals surface area (Å²) in [5, 5.41) is 11.4. The van der Waals surface area contributed by atoms with Crippen LogP contribution >= 0.6 is 0 Å². The lowest BCUT2D eigenvalue weighted by Crippen LogP contribution is -2.11. The minimum absolute atomic E-state index is 0.408. The lowest BCUT2D eigenvalue weighted by atomic mass is 10.0. The standard InChI is InChI=1S/C14H17NO/c1-10-12(9-14(16)7-8-14)11-5-3-4-6-13(11)15(10)2/h3-6,16H,7-9H2,1-2H3. The van der Waals surface area contributed by atoms with Crippen molar-refractivity contribution in [2.45, 2.75) is 31.8 Å². The van der Waals surface area contributed by atoms with Crippen LogP contribution in [0.5, 0.6) is 0 Å². The van der Waals surface area contributed by atoms with Crippen LogP contribution in [0.1, 0.15) is 24.1 Å². The molecule has 84 valence electrons. The Morgan fingerprint density at radius 3 is 2.69 bits per heavy atom. The molecule has 1 aromatic heterocycles. The van der Waals surface area contributed by atoms with E-state index in [1.165, 1.54) is 22.2 Å². The zero-order chi connectivity index (χ0) is 11.3. The molecule has 16 heavy (non-hydrogen) atoms. The number of aliphatic hydroxyl groups is 1. The van der Waals surface area contributed by atoms with E-state index in [1.807, 2.05) is 0 Å². The molecule has 1 fully saturated rings. The van der Waals surface area contributed by atoms with E-state index in [2.05, 4.69) is 42.8 Å². The van der Waals surface area contributed by atoms with E-state index < -0.39 is 5.60 Å². The number of rotatable bonds is 2. The van der Waals surface area contributed by atoms with Gasteiger partial charge in [-0.25, -0.2) is 0 Å². The molecule has 0 atom stereocenters. The zero-order valence-corrected chi connectivity index (χ0v) is 9.83. The quantitative estimate of drug-likeness (QED) is 0.818. The Bertz CT molecular complexity index is 549. The van der Waals surface area contributed by atoms with Crippen molar-refractivity contribution in [2.24, 2.45) is 7.05 Å². The van der Waals surface area contributed by atoms with Gasteiger partial charge in [0.15, 0.2) is 0 Å². The molecular formula is C14H17NO. The fourth-order valence-electron chi connectivity index (χ4n) is 2.47. The lowest BCUT2D eigenvalue weighted by Gasteiger charge is -2.07. The molecule has 1 N–H and O–H groups in total. The second-order valence-electron chi connectivity index (χ2n) is 5.04. The lowest BCUT2D eigenvalue weighted by molar-refractivity contribution is 0.151. The molecule has 0 unspecified atom stereocenters. The molecular weight excluding hydrogens is 198 g/mol. The van der Waals surface area contributed by atoms with Gasteiger partial charge in [-0.1, -0.05) is 18.2 Å². The highest BCUT2D eigenvalue weighted by atomic mass is 16.3. The van der Waals surface area contributed by atoms with Crippen molar-refractivity contribution in [2.75, 3.05) is 0 Å². The normalized spacial score (nSPS) is 17.9. The minimum atomic E-state index is -0.408. The summed E-state index contributed by atoms with van der Waals surface area (Å²) in [5.74, 6) is 0. The maximum Gasteiger partial charge on any atom is 0.0691 e. The molecule has 3 rings (SSSR count). The number of fused-ring (bicyclic) bond motifs is 1. The van der Waals surface area contributed by atoms with Crippen molar-refractivity contribution in [3.8, 4) is 0 Å². The summed E-state index contributed by atoms with van der Waals surface area (Å²) in [6.45, 7) is 2.14. The molecule has 1 heterocycles. The van der Waals surface area contributed by atoms with E-state index in [9.17, 15) is 5.11 Å². The molecule has 0 radical (unpaired) electrons. The molecule has 0 aliphatic heterocycles. The summed E-state index contributed by atoms with van der Waals surface area (Å²) in [6, 6.07) is 8.44. The number of aromatic nitrogens is 1. The minimum Gasteiger partial charge on any atom is -0.390 e. The number of para-hydroxylation sites is 1. The van der Waals surface area contributed by atoms with Crippen LogP contribution in [0.2, 0.25) is 0 Å². The largest absolute Gasteiger partial charge is 0.390 e. The van der Waals surface area contributed by atoms with E-state index in [0.29, 0.717) is 0 Å². The summed E-state index contributed by atoms with van der Waals surface area (Å²) in [6.07, 6.45) is 2.71. The van der Waals surface area contributed by atoms with Gasteiger partial charge in [0.05, 0.1) is 5.60 Å². The molecule has 2 nitrogen and oxygen atoms in total. The molecule has 1 aliphatic carbocycles. The number of hydrogen-bond acceptors (Lipinski definition) is 1. The molecule has 2 heteroatoms. The Morgan fingerprint density at radius 1 is 1.31 bits per heavy atom. The SMILES string of the molecule is Cc1c(CC2(O)CC2)c2ccccc2n1C. The van der Waals surface area contributed by atoms with Crippen molar-refractivity contribution in [1.82, 2.24) is 4.57 Å². The number of hydrogen-bond donors (Lipinski definition) is 1. The van der Waals surface area contributed by atoms with Crippen molar-refractivity contribution in [3.63, 3.8) is 0 Å². The topological polar surface area (TPSA) is 25.2 Å². The molecule has 1 aliphatic rings. The van der Waals surface area contributed by atoms with Gasteiger partial charge in [-0.05, 0) is 31.4 Å². The predicted molar refractivity (Wildman–Crippen MR) is 65.5 cm³/mol. The van der Waals surface area contributed by atoms with Crippen LogP contribution in [0.3, 0.4) is 0 Å². The number of benzene rings is 1. The van der Waals surface area contributed by atoms with Crippen molar-refractivity contribution >= 4 is 10.9 Å². The highest BCUT2D eigenvalue weighted by Crippen LogP contribution is 2.40. The molecule has 2 aromatic rings. The maximum atomic E-state index is 10.1. The van der Waals surface area contributed by atoms with Crippen molar-refractivity contribution < 1.29 is 5.11 Å².